The van der Waals surface area contributed by atoms with Crippen LogP contribution in [0.3, 0.4) is 0 Å². The van der Waals surface area contributed by atoms with Crippen LogP contribution in [0.2, 0.25) is 0 Å². The molecule has 5 nitrogen and oxygen atoms in total. The summed E-state index contributed by atoms with van der Waals surface area (Å²) in [6.45, 7) is 6.68. The third-order valence-electron chi connectivity index (χ3n) is 4.97. The monoisotopic (exact) mass is 408 g/mol. The summed E-state index contributed by atoms with van der Waals surface area (Å²) in [6.07, 6.45) is 2.05. The van der Waals surface area contributed by atoms with E-state index < -0.39 is 5.63 Å². The summed E-state index contributed by atoms with van der Waals surface area (Å²) in [5.41, 5.74) is 2.01. The molecule has 0 spiro atoms. The summed E-state index contributed by atoms with van der Waals surface area (Å²) in [5.74, 6) is 0.158. The van der Waals surface area contributed by atoms with Gasteiger partial charge in [0.2, 0.25) is 0 Å². The van der Waals surface area contributed by atoms with Gasteiger partial charge in [0, 0.05) is 11.9 Å². The number of fused-ring (bicyclic) bond motifs is 2. The fraction of sp³-hybridized carbons (Fsp3) is 0.304. The Morgan fingerprint density at radius 2 is 1.86 bits per heavy atom. The smallest absolute Gasteiger partial charge is 0.346 e. The van der Waals surface area contributed by atoms with E-state index in [0.717, 1.165) is 41.5 Å². The average molecular weight is 409 g/mol. The van der Waals surface area contributed by atoms with Crippen molar-refractivity contribution in [2.45, 2.75) is 33.2 Å². The van der Waals surface area contributed by atoms with E-state index in [2.05, 4.69) is 23.7 Å². The molecule has 0 atom stereocenters. The zero-order valence-corrected chi connectivity index (χ0v) is 17.5. The van der Waals surface area contributed by atoms with E-state index in [1.54, 1.807) is 12.1 Å². The molecule has 0 bridgehead atoms. The second-order valence-corrected chi connectivity index (χ2v) is 8.22. The summed E-state index contributed by atoms with van der Waals surface area (Å²) in [5, 5.41) is 11.9. The zero-order valence-electron chi connectivity index (χ0n) is 16.6. The molecule has 0 aliphatic carbocycles. The number of aromatic nitrogens is 1. The van der Waals surface area contributed by atoms with Crippen molar-refractivity contribution in [3.05, 3.63) is 58.4 Å². The summed E-state index contributed by atoms with van der Waals surface area (Å²) in [6, 6.07) is 13.1. The number of phenolic OH excluding ortho intramolecular Hbond substituents is 1. The normalized spacial score (nSPS) is 11.7. The maximum Gasteiger partial charge on any atom is 0.346 e. The van der Waals surface area contributed by atoms with Crippen molar-refractivity contribution >= 4 is 32.5 Å². The van der Waals surface area contributed by atoms with Crippen molar-refractivity contribution in [2.24, 2.45) is 0 Å². The van der Waals surface area contributed by atoms with Crippen molar-refractivity contribution in [3.8, 4) is 16.3 Å². The molecule has 0 saturated carbocycles. The number of aromatic hydroxyl groups is 1. The molecular formula is C23H24N2O3S. The zero-order chi connectivity index (χ0) is 20.4. The highest BCUT2D eigenvalue weighted by Gasteiger charge is 2.18. The molecule has 0 fully saturated rings. The van der Waals surface area contributed by atoms with Crippen LogP contribution in [0.15, 0.2) is 51.7 Å². The highest BCUT2D eigenvalue weighted by molar-refractivity contribution is 7.21. The van der Waals surface area contributed by atoms with Gasteiger partial charge in [0.1, 0.15) is 16.3 Å². The van der Waals surface area contributed by atoms with Crippen LogP contribution in [0, 0.1) is 0 Å². The van der Waals surface area contributed by atoms with Crippen LogP contribution in [0.25, 0.3) is 31.8 Å². The van der Waals surface area contributed by atoms with Crippen LogP contribution >= 0.6 is 11.3 Å². The Morgan fingerprint density at radius 1 is 1.10 bits per heavy atom. The number of para-hydroxylation sites is 1. The van der Waals surface area contributed by atoms with Gasteiger partial charge in [-0.05, 0) is 56.3 Å². The van der Waals surface area contributed by atoms with Gasteiger partial charge in [-0.2, -0.15) is 0 Å². The summed E-state index contributed by atoms with van der Waals surface area (Å²) in [7, 11) is 0. The van der Waals surface area contributed by atoms with Gasteiger partial charge >= 0.3 is 5.63 Å². The molecule has 0 saturated heterocycles. The molecule has 2 heterocycles. The molecule has 2 aromatic carbocycles. The van der Waals surface area contributed by atoms with Gasteiger partial charge in [0.25, 0.3) is 0 Å². The van der Waals surface area contributed by atoms with Crippen LogP contribution in [-0.4, -0.2) is 28.1 Å². The summed E-state index contributed by atoms with van der Waals surface area (Å²) < 4.78 is 6.77. The van der Waals surface area contributed by atoms with E-state index in [0.29, 0.717) is 28.3 Å². The molecule has 150 valence electrons. The number of phenols is 1. The Balaban J connectivity index is 1.80. The molecule has 0 aliphatic rings. The van der Waals surface area contributed by atoms with E-state index in [-0.39, 0.29) is 5.75 Å². The number of rotatable bonds is 7. The minimum Gasteiger partial charge on any atom is -0.507 e. The van der Waals surface area contributed by atoms with Gasteiger partial charge in [-0.3, -0.25) is 4.90 Å². The second kappa shape index (κ2) is 8.35. The first-order valence-electron chi connectivity index (χ1n) is 9.97. The molecular weight excluding hydrogens is 384 g/mol. The van der Waals surface area contributed by atoms with E-state index in [4.69, 9.17) is 4.42 Å². The third kappa shape index (κ3) is 3.91. The first kappa shape index (κ1) is 19.6. The van der Waals surface area contributed by atoms with Crippen LogP contribution < -0.4 is 5.63 Å². The Hall–Kier alpha value is -2.70. The maximum absolute atomic E-state index is 12.8. The van der Waals surface area contributed by atoms with Crippen LogP contribution in [0.1, 0.15) is 32.3 Å². The molecule has 2 aromatic heterocycles. The lowest BCUT2D eigenvalue weighted by Gasteiger charge is -2.22. The standard InChI is InChI=1S/C23H24N2O3S/c1-3-11-25(12-4-2)14-17-19(26)10-9-15-13-16(23(27)28-21(15)17)22-24-18-7-5-6-8-20(18)29-22/h5-10,13,26H,3-4,11-12,14H2,1-2H3. The Kier molecular flexibility index (Phi) is 5.65. The number of hydrogen-bond donors (Lipinski definition) is 1. The number of hydrogen-bond acceptors (Lipinski definition) is 6. The fourth-order valence-corrected chi connectivity index (χ4v) is 4.62. The average Bonchev–Trinajstić information content (AvgIpc) is 3.14. The molecule has 0 radical (unpaired) electrons. The third-order valence-corrected chi connectivity index (χ3v) is 6.04. The van der Waals surface area contributed by atoms with E-state index in [1.807, 2.05) is 30.3 Å². The van der Waals surface area contributed by atoms with Crippen molar-refractivity contribution < 1.29 is 9.52 Å². The molecule has 1 N–H and O–H groups in total. The largest absolute Gasteiger partial charge is 0.507 e. The minimum atomic E-state index is -0.430. The number of thiazole rings is 1. The molecule has 6 heteroatoms. The SMILES string of the molecule is CCCN(CCC)Cc1c(O)ccc2cc(-c3nc4ccccc4s3)c(=O)oc12. The van der Waals surface area contributed by atoms with E-state index in [1.165, 1.54) is 11.3 Å². The number of nitrogens with zero attached hydrogens (tertiary/aromatic N) is 2. The topological polar surface area (TPSA) is 66.6 Å². The van der Waals surface area contributed by atoms with Gasteiger partial charge in [-0.1, -0.05) is 26.0 Å². The quantitative estimate of drug-likeness (QED) is 0.415. The first-order valence-corrected chi connectivity index (χ1v) is 10.8. The lowest BCUT2D eigenvalue weighted by molar-refractivity contribution is 0.262. The molecule has 0 aliphatic heterocycles. The predicted molar refractivity (Wildman–Crippen MR) is 119 cm³/mol. The summed E-state index contributed by atoms with van der Waals surface area (Å²) in [4.78, 5) is 19.7. The first-order chi connectivity index (χ1) is 14.1. The van der Waals surface area contributed by atoms with E-state index in [9.17, 15) is 9.90 Å². The maximum atomic E-state index is 12.8. The molecule has 29 heavy (non-hydrogen) atoms. The molecule has 0 amide bonds. The molecule has 0 unspecified atom stereocenters. The highest BCUT2D eigenvalue weighted by atomic mass is 32.1. The van der Waals surface area contributed by atoms with Gasteiger partial charge in [-0.25, -0.2) is 9.78 Å². The predicted octanol–water partition coefficient (Wildman–Crippen LogP) is 5.40. The van der Waals surface area contributed by atoms with Crippen LogP contribution in [-0.2, 0) is 6.54 Å². The fourth-order valence-electron chi connectivity index (χ4n) is 3.65. The lowest BCUT2D eigenvalue weighted by Crippen LogP contribution is -2.25. The van der Waals surface area contributed by atoms with Gasteiger partial charge in [-0.15, -0.1) is 11.3 Å². The molecule has 4 rings (SSSR count). The van der Waals surface area contributed by atoms with E-state index >= 15 is 0 Å². The van der Waals surface area contributed by atoms with Crippen molar-refractivity contribution in [2.75, 3.05) is 13.1 Å². The van der Waals surface area contributed by atoms with Crippen molar-refractivity contribution in [1.29, 1.82) is 0 Å². The van der Waals surface area contributed by atoms with Gasteiger partial charge < -0.3 is 9.52 Å². The van der Waals surface area contributed by atoms with Gasteiger partial charge in [0.15, 0.2) is 0 Å². The Morgan fingerprint density at radius 3 is 2.59 bits per heavy atom. The minimum absolute atomic E-state index is 0.158. The Labute approximate surface area is 173 Å². The van der Waals surface area contributed by atoms with Crippen LogP contribution in [0.5, 0.6) is 5.75 Å². The Bertz CT molecular complexity index is 1170. The van der Waals surface area contributed by atoms with Crippen molar-refractivity contribution in [1.82, 2.24) is 9.88 Å². The van der Waals surface area contributed by atoms with Crippen LogP contribution in [0.4, 0.5) is 0 Å². The van der Waals surface area contributed by atoms with Crippen molar-refractivity contribution in [3.63, 3.8) is 0 Å². The lowest BCUT2D eigenvalue weighted by atomic mass is 10.1. The second-order valence-electron chi connectivity index (χ2n) is 7.19. The van der Waals surface area contributed by atoms with Gasteiger partial charge in [0.05, 0.1) is 21.3 Å². The highest BCUT2D eigenvalue weighted by Crippen LogP contribution is 2.33. The molecule has 4 aromatic rings. The summed E-state index contributed by atoms with van der Waals surface area (Å²) >= 11 is 1.48. The number of benzene rings is 2.